The van der Waals surface area contributed by atoms with Crippen molar-refractivity contribution in [2.75, 3.05) is 32.9 Å². The number of nitriles is 1. The number of rotatable bonds is 9. The third kappa shape index (κ3) is 5.07. The molecule has 0 aromatic heterocycles. The molecule has 1 N–H and O–H groups in total. The van der Waals surface area contributed by atoms with E-state index in [0.29, 0.717) is 22.8 Å². The van der Waals surface area contributed by atoms with Gasteiger partial charge in [-0.25, -0.2) is 0 Å². The molecule has 0 aliphatic heterocycles. The lowest BCUT2D eigenvalue weighted by Crippen LogP contribution is -2.18. The van der Waals surface area contributed by atoms with E-state index in [1.54, 1.807) is 33.1 Å². The second-order valence-electron chi connectivity index (χ2n) is 6.83. The van der Waals surface area contributed by atoms with Crippen molar-refractivity contribution in [3.05, 3.63) is 83.4 Å². The number of hydrogen-bond donors (Lipinski definition) is 1. The van der Waals surface area contributed by atoms with Gasteiger partial charge in [0.2, 0.25) is 0 Å². The lowest BCUT2D eigenvalue weighted by molar-refractivity contribution is 0.377. The summed E-state index contributed by atoms with van der Waals surface area (Å²) >= 11 is 1.76. The maximum atomic E-state index is 9.21. The number of methoxy groups -OCH3 is 3. The van der Waals surface area contributed by atoms with E-state index in [-0.39, 0.29) is 11.3 Å². The van der Waals surface area contributed by atoms with Crippen molar-refractivity contribution in [3.63, 3.8) is 0 Å². The Balaban J connectivity index is 2.12. The fourth-order valence-corrected chi connectivity index (χ4v) is 4.44. The maximum absolute atomic E-state index is 9.21. The molecule has 0 heterocycles. The molecule has 5 nitrogen and oxygen atoms in total. The van der Waals surface area contributed by atoms with Gasteiger partial charge in [-0.3, -0.25) is 0 Å². The monoisotopic (exact) mass is 434 g/mol. The van der Waals surface area contributed by atoms with Gasteiger partial charge in [-0.15, -0.1) is 0 Å². The van der Waals surface area contributed by atoms with E-state index in [1.807, 2.05) is 54.6 Å². The third-order valence-corrected chi connectivity index (χ3v) is 6.15. The molecule has 3 aromatic carbocycles. The Kier molecular flexibility index (Phi) is 7.69. The summed E-state index contributed by atoms with van der Waals surface area (Å²) in [5.74, 6) is 1.91. The summed E-state index contributed by atoms with van der Waals surface area (Å²) < 4.78 is 16.7. The predicted octanol–water partition coefficient (Wildman–Crippen LogP) is 5.84. The molecule has 6 heteroatoms. The second kappa shape index (κ2) is 10.6. The summed E-state index contributed by atoms with van der Waals surface area (Å²) in [5.41, 5.74) is 3.63. The quantitative estimate of drug-likeness (QED) is 0.456. The predicted molar refractivity (Wildman–Crippen MR) is 126 cm³/mol. The number of hydrogen-bond acceptors (Lipinski definition) is 6. The zero-order valence-electron chi connectivity index (χ0n) is 18.1. The topological polar surface area (TPSA) is 63.5 Å². The minimum Gasteiger partial charge on any atom is -0.496 e. The van der Waals surface area contributed by atoms with Crippen molar-refractivity contribution in [1.82, 2.24) is 0 Å². The van der Waals surface area contributed by atoms with Crippen LogP contribution in [0.15, 0.2) is 66.7 Å². The molecule has 0 aliphatic carbocycles. The van der Waals surface area contributed by atoms with Crippen LogP contribution >= 0.6 is 11.8 Å². The maximum Gasteiger partial charge on any atom is 0.149 e. The number of ether oxygens (including phenoxy) is 3. The molecule has 0 bridgehead atoms. The van der Waals surface area contributed by atoms with E-state index in [2.05, 4.69) is 29.8 Å². The van der Waals surface area contributed by atoms with Crippen molar-refractivity contribution in [2.24, 2.45) is 0 Å². The zero-order chi connectivity index (χ0) is 22.2. The molecule has 3 aromatic rings. The third-order valence-electron chi connectivity index (χ3n) is 5.10. The van der Waals surface area contributed by atoms with Crippen molar-refractivity contribution < 1.29 is 14.2 Å². The Morgan fingerprint density at radius 1 is 0.839 bits per heavy atom. The highest BCUT2D eigenvalue weighted by molar-refractivity contribution is 7.98. The van der Waals surface area contributed by atoms with E-state index < -0.39 is 0 Å². The molecule has 0 spiro atoms. The summed E-state index contributed by atoms with van der Waals surface area (Å²) in [6, 6.07) is 23.8. The number of anilines is 1. The molecule has 3 rings (SSSR count). The van der Waals surface area contributed by atoms with Crippen molar-refractivity contribution in [3.8, 4) is 23.3 Å². The Hall–Kier alpha value is -3.30. The smallest absolute Gasteiger partial charge is 0.149 e. The highest BCUT2D eigenvalue weighted by Gasteiger charge is 2.27. The first-order chi connectivity index (χ1) is 15.1. The van der Waals surface area contributed by atoms with Crippen molar-refractivity contribution in [1.29, 1.82) is 5.26 Å². The van der Waals surface area contributed by atoms with Gasteiger partial charge in [0, 0.05) is 12.1 Å². The Labute approximate surface area is 188 Å². The lowest BCUT2D eigenvalue weighted by Gasteiger charge is -2.30. The molecule has 0 saturated heterocycles. The van der Waals surface area contributed by atoms with E-state index >= 15 is 0 Å². The molecule has 0 fully saturated rings. The van der Waals surface area contributed by atoms with Gasteiger partial charge in [-0.05, 0) is 29.5 Å². The Morgan fingerprint density at radius 2 is 1.45 bits per heavy atom. The van der Waals surface area contributed by atoms with E-state index in [0.717, 1.165) is 11.3 Å². The highest BCUT2D eigenvalue weighted by Crippen LogP contribution is 2.46. The lowest BCUT2D eigenvalue weighted by atomic mass is 9.96. The molecule has 0 saturated carbocycles. The van der Waals surface area contributed by atoms with Crippen molar-refractivity contribution in [2.45, 2.75) is 11.3 Å². The van der Waals surface area contributed by atoms with Gasteiger partial charge in [-0.2, -0.15) is 17.0 Å². The molecule has 0 aliphatic rings. The second-order valence-corrected chi connectivity index (χ2v) is 7.81. The summed E-state index contributed by atoms with van der Waals surface area (Å²) in [7, 11) is 4.86. The summed E-state index contributed by atoms with van der Waals surface area (Å²) in [5, 5.41) is 13.0. The van der Waals surface area contributed by atoms with Gasteiger partial charge < -0.3 is 19.5 Å². The van der Waals surface area contributed by atoms with Crippen LogP contribution in [0, 0.1) is 11.3 Å². The summed E-state index contributed by atoms with van der Waals surface area (Å²) in [6.07, 6.45) is 2.10. The van der Waals surface area contributed by atoms with Gasteiger partial charge >= 0.3 is 0 Å². The molecule has 31 heavy (non-hydrogen) atoms. The van der Waals surface area contributed by atoms with Crippen LogP contribution in [0.25, 0.3) is 0 Å². The van der Waals surface area contributed by atoms with Gasteiger partial charge in [0.05, 0.1) is 44.3 Å². The largest absolute Gasteiger partial charge is 0.496 e. The molecular formula is C25H26N2O3S. The molecular weight excluding hydrogens is 408 g/mol. The summed E-state index contributed by atoms with van der Waals surface area (Å²) in [6.45, 7) is 0. The first-order valence-corrected chi connectivity index (χ1v) is 11.1. The van der Waals surface area contributed by atoms with Crippen LogP contribution in [0.3, 0.4) is 0 Å². The zero-order valence-corrected chi connectivity index (χ0v) is 18.9. The first kappa shape index (κ1) is 22.4. The Bertz CT molecular complexity index is 1010. The standard InChI is InChI=1S/C25H26N2O3S/c1-28-20-14-21(29-2)24(22(15-20)30-3)27-23(18-12-10-17(16-26)11-13-18)25(31-4)19-8-6-5-7-9-19/h5-15,23,25,27H,1-4H3/t23-,25-/m0/s1. The first-order valence-electron chi connectivity index (χ1n) is 9.79. The minimum atomic E-state index is -0.110. The van der Waals surface area contributed by atoms with Crippen LogP contribution < -0.4 is 19.5 Å². The van der Waals surface area contributed by atoms with E-state index in [4.69, 9.17) is 14.2 Å². The normalized spacial score (nSPS) is 12.4. The summed E-state index contributed by atoms with van der Waals surface area (Å²) in [4.78, 5) is 0. The van der Waals surface area contributed by atoms with Crippen LogP contribution in [-0.4, -0.2) is 27.6 Å². The molecule has 160 valence electrons. The van der Waals surface area contributed by atoms with Crippen LogP contribution in [0.4, 0.5) is 5.69 Å². The average molecular weight is 435 g/mol. The number of nitrogens with zero attached hydrogens (tertiary/aromatic N) is 1. The van der Waals surface area contributed by atoms with Gasteiger partial charge in [0.1, 0.15) is 22.9 Å². The minimum absolute atomic E-state index is 0.102. The number of thioether (sulfide) groups is 1. The van der Waals surface area contributed by atoms with Crippen molar-refractivity contribution >= 4 is 17.4 Å². The SMILES string of the molecule is COc1cc(OC)c(N[C@@H](c2ccc(C#N)cc2)[C@@H](SC)c2ccccc2)c(OC)c1. The van der Waals surface area contributed by atoms with Crippen LogP contribution in [0.2, 0.25) is 0 Å². The van der Waals surface area contributed by atoms with E-state index in [9.17, 15) is 5.26 Å². The van der Waals surface area contributed by atoms with Gasteiger partial charge in [0.25, 0.3) is 0 Å². The number of benzene rings is 3. The fourth-order valence-electron chi connectivity index (χ4n) is 3.51. The van der Waals surface area contributed by atoms with Gasteiger partial charge in [0.15, 0.2) is 0 Å². The van der Waals surface area contributed by atoms with E-state index in [1.165, 1.54) is 5.56 Å². The highest BCUT2D eigenvalue weighted by atomic mass is 32.2. The van der Waals surface area contributed by atoms with Crippen LogP contribution in [-0.2, 0) is 0 Å². The fraction of sp³-hybridized carbons (Fsp3) is 0.240. The van der Waals surface area contributed by atoms with Gasteiger partial charge in [-0.1, -0.05) is 42.5 Å². The van der Waals surface area contributed by atoms with Crippen LogP contribution in [0.1, 0.15) is 28.0 Å². The molecule has 0 unspecified atom stereocenters. The molecule has 0 amide bonds. The molecule has 0 radical (unpaired) electrons. The average Bonchev–Trinajstić information content (AvgIpc) is 2.84. The van der Waals surface area contributed by atoms with Crippen LogP contribution in [0.5, 0.6) is 17.2 Å². The Morgan fingerprint density at radius 3 is 1.94 bits per heavy atom. The molecule has 2 atom stereocenters. The number of nitrogens with one attached hydrogen (secondary N) is 1.